The van der Waals surface area contributed by atoms with Crippen LogP contribution in [0.3, 0.4) is 0 Å². The second kappa shape index (κ2) is 6.93. The number of hydrogen-bond acceptors (Lipinski definition) is 9. The zero-order chi connectivity index (χ0) is 18.3. The number of hydrogen-bond donors (Lipinski definition) is 3. The number of carboxylic acids is 1. The van der Waals surface area contributed by atoms with Gasteiger partial charge in [0, 0.05) is 23.9 Å². The normalized spacial score (nSPS) is 22.2. The number of nitrogens with zero attached hydrogens (tertiary/aromatic N) is 4. The molecule has 9 nitrogen and oxygen atoms in total. The van der Waals surface area contributed by atoms with Gasteiger partial charge in [0.15, 0.2) is 4.34 Å². The predicted molar refractivity (Wildman–Crippen MR) is 99.1 cm³/mol. The summed E-state index contributed by atoms with van der Waals surface area (Å²) in [5, 5.41) is 21.3. The van der Waals surface area contributed by atoms with Crippen molar-refractivity contribution in [3.8, 4) is 0 Å². The molecule has 136 valence electrons. The van der Waals surface area contributed by atoms with Gasteiger partial charge in [-0.25, -0.2) is 9.78 Å². The van der Waals surface area contributed by atoms with Crippen molar-refractivity contribution >= 4 is 52.7 Å². The molecule has 0 saturated carbocycles. The molecule has 26 heavy (non-hydrogen) atoms. The number of aromatic amines is 1. The van der Waals surface area contributed by atoms with Gasteiger partial charge in [0.2, 0.25) is 5.95 Å². The van der Waals surface area contributed by atoms with E-state index in [1.165, 1.54) is 28.0 Å². The molecule has 12 heteroatoms. The minimum atomic E-state index is -1.08. The van der Waals surface area contributed by atoms with Crippen LogP contribution in [0.2, 0.25) is 0 Å². The summed E-state index contributed by atoms with van der Waals surface area (Å²) in [5.41, 5.74) is 0.811. The van der Waals surface area contributed by atoms with Crippen molar-refractivity contribution in [2.24, 2.45) is 0 Å². The number of thioether (sulfide) groups is 2. The van der Waals surface area contributed by atoms with E-state index < -0.39 is 12.0 Å². The number of nitrogens with one attached hydrogen (secondary N) is 2. The van der Waals surface area contributed by atoms with Crippen molar-refractivity contribution in [1.82, 2.24) is 25.1 Å². The van der Waals surface area contributed by atoms with Gasteiger partial charge in [0.1, 0.15) is 22.1 Å². The summed E-state index contributed by atoms with van der Waals surface area (Å²) in [6.07, 6.45) is 3.24. The number of carbonyl (C=O) groups is 2. The Morgan fingerprint density at radius 2 is 2.38 bits per heavy atom. The van der Waals surface area contributed by atoms with Crippen molar-refractivity contribution < 1.29 is 14.7 Å². The molecular formula is C14H14N6O3S3. The number of carboxylic acid groups (broad SMARTS) is 1. The third kappa shape index (κ3) is 3.08. The summed E-state index contributed by atoms with van der Waals surface area (Å²) in [4.78, 5) is 32.7. The number of anilines is 1. The van der Waals surface area contributed by atoms with Gasteiger partial charge in [-0.2, -0.15) is 0 Å². The summed E-state index contributed by atoms with van der Waals surface area (Å²) in [6.45, 7) is 1.87. The zero-order valence-corrected chi connectivity index (χ0v) is 16.0. The molecule has 0 aliphatic carbocycles. The fraction of sp³-hybridized carbons (Fsp3) is 0.357. The van der Waals surface area contributed by atoms with E-state index in [1.807, 2.05) is 6.92 Å². The molecule has 0 bridgehead atoms. The van der Waals surface area contributed by atoms with Crippen LogP contribution in [0.25, 0.3) is 0 Å². The molecule has 2 atom stereocenters. The van der Waals surface area contributed by atoms with Crippen molar-refractivity contribution in [3.63, 3.8) is 0 Å². The number of imidazole rings is 1. The maximum absolute atomic E-state index is 12.5. The van der Waals surface area contributed by atoms with Crippen molar-refractivity contribution in [2.45, 2.75) is 22.7 Å². The Kier molecular flexibility index (Phi) is 4.63. The van der Waals surface area contributed by atoms with Gasteiger partial charge < -0.3 is 15.4 Å². The largest absolute Gasteiger partial charge is 0.477 e. The molecule has 2 aromatic heterocycles. The molecule has 0 spiro atoms. The quantitative estimate of drug-likeness (QED) is 0.479. The van der Waals surface area contributed by atoms with E-state index in [4.69, 9.17) is 0 Å². The molecule has 1 amide bonds. The van der Waals surface area contributed by atoms with Crippen molar-refractivity contribution in [1.29, 1.82) is 0 Å². The first kappa shape index (κ1) is 17.4. The lowest BCUT2D eigenvalue weighted by Crippen LogP contribution is -2.67. The monoisotopic (exact) mass is 410 g/mol. The molecule has 2 aromatic rings. The van der Waals surface area contributed by atoms with E-state index in [-0.39, 0.29) is 17.0 Å². The van der Waals surface area contributed by atoms with E-state index in [1.54, 1.807) is 24.2 Å². The number of carbonyl (C=O) groups excluding carboxylic acids is 1. The molecule has 2 aliphatic heterocycles. The number of amides is 1. The lowest BCUT2D eigenvalue weighted by atomic mass is 10.0. The lowest BCUT2D eigenvalue weighted by molar-refractivity contribution is -0.147. The average Bonchev–Trinajstić information content (AvgIpc) is 3.28. The molecule has 1 fully saturated rings. The minimum Gasteiger partial charge on any atom is -0.477 e. The molecule has 1 unspecified atom stereocenters. The second-order valence-electron chi connectivity index (χ2n) is 5.60. The lowest BCUT2D eigenvalue weighted by Gasteiger charge is -2.49. The first-order valence-electron chi connectivity index (χ1n) is 7.63. The highest BCUT2D eigenvalue weighted by Gasteiger charge is 2.53. The van der Waals surface area contributed by atoms with Crippen LogP contribution in [0.4, 0.5) is 5.95 Å². The van der Waals surface area contributed by atoms with Gasteiger partial charge in [-0.3, -0.25) is 9.69 Å². The smallest absolute Gasteiger partial charge is 0.352 e. The molecular weight excluding hydrogens is 396 g/mol. The summed E-state index contributed by atoms with van der Waals surface area (Å²) in [6, 6.07) is -0.486. The Labute approximate surface area is 160 Å². The van der Waals surface area contributed by atoms with Gasteiger partial charge in [0.25, 0.3) is 5.91 Å². The van der Waals surface area contributed by atoms with Gasteiger partial charge in [0.05, 0.1) is 0 Å². The number of β-lactam (4-membered cyclic amide) rings is 1. The molecule has 4 rings (SSSR count). The molecule has 1 saturated heterocycles. The Balaban J connectivity index is 1.51. The van der Waals surface area contributed by atoms with E-state index in [9.17, 15) is 14.7 Å². The van der Waals surface area contributed by atoms with Crippen LogP contribution in [-0.2, 0) is 9.59 Å². The number of rotatable bonds is 6. The standard InChI is InChI=1S/C14H14N6O3S3/c1-6-18-19-14(26-6)25-5-7-4-24-11-8(17-13-15-2-3-16-13)10(21)20(11)9(7)12(22)23/h2-3,8,11H,4-5H2,1H3,(H,22,23)(H2,15,16,17)/t8?,11-/m0/s1. The van der Waals surface area contributed by atoms with E-state index in [0.29, 0.717) is 17.5 Å². The SMILES string of the molecule is Cc1nnc(SCC2=C(C(=O)O)N3C(=O)C(Nc4ncc[nH]4)[C@@H]3SC2)s1. The molecule has 0 aromatic carbocycles. The summed E-state index contributed by atoms with van der Waals surface area (Å²) < 4.78 is 0.791. The molecule has 3 N–H and O–H groups in total. The fourth-order valence-corrected chi connectivity index (χ4v) is 6.07. The molecule has 0 radical (unpaired) electrons. The van der Waals surface area contributed by atoms with Crippen molar-refractivity contribution in [2.75, 3.05) is 16.8 Å². The van der Waals surface area contributed by atoms with E-state index in [0.717, 1.165) is 14.9 Å². The predicted octanol–water partition coefficient (Wildman–Crippen LogP) is 1.40. The zero-order valence-electron chi connectivity index (χ0n) is 13.5. The third-order valence-electron chi connectivity index (χ3n) is 3.92. The van der Waals surface area contributed by atoms with Crippen LogP contribution in [0, 0.1) is 6.92 Å². The van der Waals surface area contributed by atoms with Gasteiger partial charge >= 0.3 is 5.97 Å². The number of aryl methyl sites for hydroxylation is 1. The average molecular weight is 411 g/mol. The van der Waals surface area contributed by atoms with Crippen LogP contribution in [0.15, 0.2) is 28.0 Å². The second-order valence-corrected chi connectivity index (χ2v) is 9.11. The fourth-order valence-electron chi connectivity index (χ4n) is 2.77. The van der Waals surface area contributed by atoms with Crippen LogP contribution in [0.1, 0.15) is 5.01 Å². The molecule has 4 heterocycles. The first-order chi connectivity index (χ1) is 12.5. The topological polar surface area (TPSA) is 124 Å². The highest BCUT2D eigenvalue weighted by atomic mass is 32.2. The first-order valence-corrected chi connectivity index (χ1v) is 10.5. The Morgan fingerprint density at radius 1 is 1.54 bits per heavy atom. The Hall–Kier alpha value is -2.05. The number of H-pyrrole nitrogens is 1. The highest BCUT2D eigenvalue weighted by Crippen LogP contribution is 2.42. The maximum Gasteiger partial charge on any atom is 0.352 e. The van der Waals surface area contributed by atoms with Crippen LogP contribution >= 0.6 is 34.9 Å². The summed E-state index contributed by atoms with van der Waals surface area (Å²) in [7, 11) is 0. The van der Waals surface area contributed by atoms with E-state index in [2.05, 4.69) is 25.5 Å². The third-order valence-corrected chi connectivity index (χ3v) is 7.32. The number of aliphatic carboxylic acids is 1. The van der Waals surface area contributed by atoms with Crippen LogP contribution in [0.5, 0.6) is 0 Å². The van der Waals surface area contributed by atoms with Crippen LogP contribution < -0.4 is 5.32 Å². The van der Waals surface area contributed by atoms with Gasteiger partial charge in [-0.05, 0) is 12.5 Å². The van der Waals surface area contributed by atoms with Gasteiger partial charge in [-0.1, -0.05) is 23.1 Å². The van der Waals surface area contributed by atoms with Crippen LogP contribution in [-0.4, -0.2) is 65.0 Å². The summed E-state index contributed by atoms with van der Waals surface area (Å²) in [5.74, 6) is 0.180. The number of aromatic nitrogens is 4. The minimum absolute atomic E-state index is 0.0879. The summed E-state index contributed by atoms with van der Waals surface area (Å²) >= 11 is 4.46. The van der Waals surface area contributed by atoms with E-state index >= 15 is 0 Å². The highest BCUT2D eigenvalue weighted by molar-refractivity contribution is 8.01. The maximum atomic E-state index is 12.5. The molecule has 2 aliphatic rings. The van der Waals surface area contributed by atoms with Crippen molar-refractivity contribution in [3.05, 3.63) is 28.7 Å². The number of fused-ring (bicyclic) bond motifs is 1. The van der Waals surface area contributed by atoms with Gasteiger partial charge in [-0.15, -0.1) is 22.0 Å². The Morgan fingerprint density at radius 3 is 3.04 bits per heavy atom. The Bertz CT molecular complexity index is 880.